The molecule has 0 aliphatic carbocycles. The molecule has 0 aliphatic rings. The summed E-state index contributed by atoms with van der Waals surface area (Å²) in [7, 11) is 0. The van der Waals surface area contributed by atoms with Gasteiger partial charge in [-0.3, -0.25) is 4.79 Å². The summed E-state index contributed by atoms with van der Waals surface area (Å²) < 4.78 is 4.78. The number of allylic oxidation sites excluding steroid dienone is 5. The minimum absolute atomic E-state index is 0.248. The lowest BCUT2D eigenvalue weighted by Gasteiger charge is -1.96. The molecular weight excluding hydrogens is 176 g/mol. The van der Waals surface area contributed by atoms with Gasteiger partial charge in [0.2, 0.25) is 0 Å². The van der Waals surface area contributed by atoms with Crippen LogP contribution in [0, 0.1) is 0 Å². The molecule has 0 radical (unpaired) electrons. The van der Waals surface area contributed by atoms with Crippen LogP contribution in [0.25, 0.3) is 0 Å². The van der Waals surface area contributed by atoms with E-state index >= 15 is 0 Å². The molecule has 0 saturated carbocycles. The van der Waals surface area contributed by atoms with Crippen molar-refractivity contribution in [3.8, 4) is 0 Å². The van der Waals surface area contributed by atoms with E-state index in [4.69, 9.17) is 4.74 Å². The van der Waals surface area contributed by atoms with Crippen LogP contribution in [0.1, 0.15) is 27.7 Å². The molecule has 2 heteroatoms. The Morgan fingerprint density at radius 3 is 2.36 bits per heavy atom. The van der Waals surface area contributed by atoms with Gasteiger partial charge in [0.1, 0.15) is 6.61 Å². The molecule has 0 rings (SSSR count). The van der Waals surface area contributed by atoms with Crippen LogP contribution >= 0.6 is 0 Å². The highest BCUT2D eigenvalue weighted by Crippen LogP contribution is 1.97. The van der Waals surface area contributed by atoms with Crippen LogP contribution in [0.15, 0.2) is 35.5 Å². The Morgan fingerprint density at radius 1 is 1.21 bits per heavy atom. The van der Waals surface area contributed by atoms with Crippen molar-refractivity contribution in [3.05, 3.63) is 35.5 Å². The first-order chi connectivity index (χ1) is 6.52. The molecule has 0 saturated heterocycles. The molecule has 0 atom stereocenters. The molecule has 0 heterocycles. The van der Waals surface area contributed by atoms with E-state index in [1.807, 2.05) is 45.1 Å². The quantitative estimate of drug-likeness (QED) is 0.508. The van der Waals surface area contributed by atoms with Gasteiger partial charge in [0.15, 0.2) is 0 Å². The van der Waals surface area contributed by atoms with Crippen molar-refractivity contribution in [3.63, 3.8) is 0 Å². The van der Waals surface area contributed by atoms with Crippen molar-refractivity contribution in [2.45, 2.75) is 27.7 Å². The maximum absolute atomic E-state index is 10.4. The Morgan fingerprint density at radius 2 is 1.86 bits per heavy atom. The van der Waals surface area contributed by atoms with E-state index in [-0.39, 0.29) is 5.97 Å². The van der Waals surface area contributed by atoms with Gasteiger partial charge in [-0.1, -0.05) is 29.4 Å². The topological polar surface area (TPSA) is 26.3 Å². The summed E-state index contributed by atoms with van der Waals surface area (Å²) in [5, 5.41) is 0. The first-order valence-corrected chi connectivity index (χ1v) is 4.64. The van der Waals surface area contributed by atoms with E-state index in [9.17, 15) is 4.79 Å². The largest absolute Gasteiger partial charge is 0.462 e. The van der Waals surface area contributed by atoms with E-state index in [1.54, 1.807) is 0 Å². The molecule has 0 unspecified atom stereocenters. The Balaban J connectivity index is 3.94. The van der Waals surface area contributed by atoms with Crippen LogP contribution in [0.2, 0.25) is 0 Å². The Hall–Kier alpha value is -1.31. The monoisotopic (exact) mass is 194 g/mol. The first kappa shape index (κ1) is 12.7. The molecule has 2 nitrogen and oxygen atoms in total. The highest BCUT2D eigenvalue weighted by molar-refractivity contribution is 5.66. The smallest absolute Gasteiger partial charge is 0.302 e. The van der Waals surface area contributed by atoms with Gasteiger partial charge in [-0.25, -0.2) is 0 Å². The van der Waals surface area contributed by atoms with Gasteiger partial charge in [0.05, 0.1) is 0 Å². The van der Waals surface area contributed by atoms with Gasteiger partial charge >= 0.3 is 5.97 Å². The first-order valence-electron chi connectivity index (χ1n) is 4.64. The van der Waals surface area contributed by atoms with E-state index in [1.165, 1.54) is 12.5 Å². The van der Waals surface area contributed by atoms with Crippen molar-refractivity contribution >= 4 is 5.97 Å². The van der Waals surface area contributed by atoms with Crippen LogP contribution < -0.4 is 0 Å². The fraction of sp³-hybridized carbons (Fsp3) is 0.417. The number of carbonyl (C=O) groups excluding carboxylic acids is 1. The zero-order chi connectivity index (χ0) is 11.0. The molecule has 0 aromatic rings. The fourth-order valence-electron chi connectivity index (χ4n) is 0.751. The standard InChI is InChI=1S/C12H18O2/c1-10(2)6-5-7-11(3)8-9-14-12(4)13/h5-8H,9H2,1-4H3/b7-5-,11-8+. The van der Waals surface area contributed by atoms with Gasteiger partial charge in [-0.05, 0) is 26.8 Å². The second-order valence-electron chi connectivity index (χ2n) is 3.35. The van der Waals surface area contributed by atoms with Crippen LogP contribution in [0.4, 0.5) is 0 Å². The predicted molar refractivity (Wildman–Crippen MR) is 59.0 cm³/mol. The number of hydrogen-bond acceptors (Lipinski definition) is 2. The maximum Gasteiger partial charge on any atom is 0.302 e. The molecule has 0 N–H and O–H groups in total. The summed E-state index contributed by atoms with van der Waals surface area (Å²) in [5.74, 6) is -0.248. The van der Waals surface area contributed by atoms with Gasteiger partial charge < -0.3 is 4.74 Å². The van der Waals surface area contributed by atoms with Gasteiger partial charge in [-0.2, -0.15) is 0 Å². The van der Waals surface area contributed by atoms with E-state index in [0.717, 1.165) is 5.57 Å². The highest BCUT2D eigenvalue weighted by atomic mass is 16.5. The molecule has 0 fully saturated rings. The van der Waals surface area contributed by atoms with Gasteiger partial charge in [-0.15, -0.1) is 0 Å². The summed E-state index contributed by atoms with van der Waals surface area (Å²) in [6, 6.07) is 0. The van der Waals surface area contributed by atoms with E-state index in [0.29, 0.717) is 6.61 Å². The SMILES string of the molecule is CC(=O)OC/C=C(C)/C=C\C=C(C)C. The van der Waals surface area contributed by atoms with Crippen LogP contribution in [-0.2, 0) is 9.53 Å². The molecule has 0 aromatic heterocycles. The Labute approximate surface area is 86.0 Å². The van der Waals surface area contributed by atoms with Crippen molar-refractivity contribution in [2.75, 3.05) is 6.61 Å². The van der Waals surface area contributed by atoms with Crippen molar-refractivity contribution in [2.24, 2.45) is 0 Å². The summed E-state index contributed by atoms with van der Waals surface area (Å²) in [4.78, 5) is 10.4. The van der Waals surface area contributed by atoms with E-state index in [2.05, 4.69) is 0 Å². The third-order valence-corrected chi connectivity index (χ3v) is 1.48. The third kappa shape index (κ3) is 8.78. The van der Waals surface area contributed by atoms with Crippen molar-refractivity contribution in [1.29, 1.82) is 0 Å². The summed E-state index contributed by atoms with van der Waals surface area (Å²) in [5.41, 5.74) is 2.35. The van der Waals surface area contributed by atoms with Crippen LogP contribution in [-0.4, -0.2) is 12.6 Å². The minimum Gasteiger partial charge on any atom is -0.462 e. The molecule has 0 amide bonds. The maximum atomic E-state index is 10.4. The minimum atomic E-state index is -0.248. The lowest BCUT2D eigenvalue weighted by molar-refractivity contribution is -0.139. The number of hydrogen-bond donors (Lipinski definition) is 0. The fourth-order valence-corrected chi connectivity index (χ4v) is 0.751. The average molecular weight is 194 g/mol. The molecule has 0 aromatic carbocycles. The van der Waals surface area contributed by atoms with E-state index < -0.39 is 0 Å². The lowest BCUT2D eigenvalue weighted by Crippen LogP contribution is -1.97. The van der Waals surface area contributed by atoms with Gasteiger partial charge in [0.25, 0.3) is 0 Å². The number of ether oxygens (including phenoxy) is 1. The van der Waals surface area contributed by atoms with Crippen molar-refractivity contribution < 1.29 is 9.53 Å². The molecule has 14 heavy (non-hydrogen) atoms. The summed E-state index contributed by atoms with van der Waals surface area (Å²) in [6.07, 6.45) is 7.87. The molecular formula is C12H18O2. The van der Waals surface area contributed by atoms with Crippen LogP contribution in [0.3, 0.4) is 0 Å². The third-order valence-electron chi connectivity index (χ3n) is 1.48. The lowest BCUT2D eigenvalue weighted by atomic mass is 10.2. The van der Waals surface area contributed by atoms with Crippen molar-refractivity contribution in [1.82, 2.24) is 0 Å². The molecule has 0 spiro atoms. The number of carbonyl (C=O) groups is 1. The normalized spacial score (nSPS) is 11.6. The van der Waals surface area contributed by atoms with Gasteiger partial charge in [0, 0.05) is 6.92 Å². The Kier molecular flexibility index (Phi) is 6.46. The second-order valence-corrected chi connectivity index (χ2v) is 3.35. The predicted octanol–water partition coefficient (Wildman–Crippen LogP) is 3.02. The summed E-state index contributed by atoms with van der Waals surface area (Å²) >= 11 is 0. The molecule has 0 bridgehead atoms. The van der Waals surface area contributed by atoms with Crippen LogP contribution in [0.5, 0.6) is 0 Å². The molecule has 78 valence electrons. The second kappa shape index (κ2) is 7.13. The average Bonchev–Trinajstić information content (AvgIpc) is 2.02. The Bertz CT molecular complexity index is 266. The number of rotatable bonds is 4. The zero-order valence-electron chi connectivity index (χ0n) is 9.33. The number of esters is 1. The molecule has 0 aliphatic heterocycles. The zero-order valence-corrected chi connectivity index (χ0v) is 9.33. The summed E-state index contributed by atoms with van der Waals surface area (Å²) in [6.45, 7) is 7.81. The highest BCUT2D eigenvalue weighted by Gasteiger charge is 1.88.